The van der Waals surface area contributed by atoms with Gasteiger partial charge in [-0.3, -0.25) is 0 Å². The molecule has 1 saturated carbocycles. The van der Waals surface area contributed by atoms with Crippen molar-refractivity contribution in [1.29, 1.82) is 5.26 Å². The van der Waals surface area contributed by atoms with Gasteiger partial charge in [-0.15, -0.1) is 0 Å². The second-order valence-electron chi connectivity index (χ2n) is 7.01. The van der Waals surface area contributed by atoms with Crippen LogP contribution < -0.4 is 4.74 Å². The Morgan fingerprint density at radius 1 is 1.22 bits per heavy atom. The summed E-state index contributed by atoms with van der Waals surface area (Å²) in [4.78, 5) is 12.3. The molecule has 3 rings (SSSR count). The van der Waals surface area contributed by atoms with Crippen LogP contribution >= 0.6 is 11.6 Å². The van der Waals surface area contributed by atoms with E-state index >= 15 is 0 Å². The summed E-state index contributed by atoms with van der Waals surface area (Å²) in [7, 11) is 0. The van der Waals surface area contributed by atoms with E-state index in [2.05, 4.69) is 6.92 Å². The summed E-state index contributed by atoms with van der Waals surface area (Å²) in [6, 6.07) is 11.0. The lowest BCUT2D eigenvalue weighted by Gasteiger charge is -2.28. The molecule has 0 atom stereocenters. The largest absolute Gasteiger partial charge is 0.421 e. The maximum atomic E-state index is 14.5. The van der Waals surface area contributed by atoms with Crippen molar-refractivity contribution >= 4 is 17.6 Å². The topological polar surface area (TPSA) is 50.1 Å². The predicted octanol–water partition coefficient (Wildman–Crippen LogP) is 6.25. The summed E-state index contributed by atoms with van der Waals surface area (Å²) >= 11 is 6.01. The summed E-state index contributed by atoms with van der Waals surface area (Å²) in [6.45, 7) is 2.21. The molecule has 1 fully saturated rings. The van der Waals surface area contributed by atoms with E-state index in [-0.39, 0.29) is 16.3 Å². The van der Waals surface area contributed by atoms with Crippen molar-refractivity contribution in [2.24, 2.45) is 5.92 Å². The predicted molar refractivity (Wildman–Crippen MR) is 103 cm³/mol. The number of ether oxygens (including phenoxy) is 1. The lowest BCUT2D eigenvalue weighted by Crippen LogP contribution is -2.14. The summed E-state index contributed by atoms with van der Waals surface area (Å²) in [5.41, 5.74) is 1.17. The highest BCUT2D eigenvalue weighted by Crippen LogP contribution is 2.37. The standard InChI is InChI=1S/C22H21ClFNO2/c1-2-14-3-6-16(7-4-14)17-8-9-18(20(24)12-17)22(26)27-21-10-5-15(13-25)11-19(21)23/h5,8-12,14,16H,2-4,6-7H2,1H3/t14-,16-. The highest BCUT2D eigenvalue weighted by molar-refractivity contribution is 6.32. The lowest BCUT2D eigenvalue weighted by molar-refractivity contribution is 0.0730. The minimum Gasteiger partial charge on any atom is -0.421 e. The molecule has 0 radical (unpaired) electrons. The van der Waals surface area contributed by atoms with Gasteiger partial charge in [-0.1, -0.05) is 31.0 Å². The quantitative estimate of drug-likeness (QED) is 0.461. The number of esters is 1. The van der Waals surface area contributed by atoms with Crippen LogP contribution in [0.1, 0.15) is 66.4 Å². The van der Waals surface area contributed by atoms with E-state index < -0.39 is 11.8 Å². The van der Waals surface area contributed by atoms with Crippen LogP contribution in [-0.2, 0) is 0 Å². The molecule has 2 aromatic rings. The van der Waals surface area contributed by atoms with E-state index in [1.807, 2.05) is 12.1 Å². The van der Waals surface area contributed by atoms with E-state index in [4.69, 9.17) is 21.6 Å². The van der Waals surface area contributed by atoms with Crippen LogP contribution in [-0.4, -0.2) is 5.97 Å². The minimum atomic E-state index is -0.805. The van der Waals surface area contributed by atoms with Crippen LogP contribution in [0.3, 0.4) is 0 Å². The number of nitrogens with zero attached hydrogens (tertiary/aromatic N) is 1. The number of halogens is 2. The van der Waals surface area contributed by atoms with Crippen molar-refractivity contribution < 1.29 is 13.9 Å². The number of nitriles is 1. The third kappa shape index (κ3) is 4.48. The first kappa shape index (κ1) is 19.4. The third-order valence-corrected chi connectivity index (χ3v) is 5.67. The molecule has 140 valence electrons. The molecule has 5 heteroatoms. The number of benzene rings is 2. The zero-order chi connectivity index (χ0) is 19.4. The van der Waals surface area contributed by atoms with E-state index in [0.717, 1.165) is 24.3 Å². The fourth-order valence-electron chi connectivity index (χ4n) is 3.66. The van der Waals surface area contributed by atoms with Crippen LogP contribution in [0.5, 0.6) is 5.75 Å². The fraction of sp³-hybridized carbons (Fsp3) is 0.364. The summed E-state index contributed by atoms with van der Waals surface area (Å²) in [6.07, 6.45) is 5.66. The van der Waals surface area contributed by atoms with Crippen molar-refractivity contribution in [2.45, 2.75) is 44.9 Å². The summed E-state index contributed by atoms with van der Waals surface area (Å²) in [5, 5.41) is 8.98. The van der Waals surface area contributed by atoms with Crippen molar-refractivity contribution in [3.63, 3.8) is 0 Å². The molecule has 0 aliphatic heterocycles. The second kappa shape index (κ2) is 8.54. The average Bonchev–Trinajstić information content (AvgIpc) is 2.69. The molecule has 0 saturated heterocycles. The van der Waals surface area contributed by atoms with Crippen molar-refractivity contribution in [3.05, 3.63) is 63.9 Å². The molecule has 1 aliphatic rings. The molecule has 0 N–H and O–H groups in total. The van der Waals surface area contributed by atoms with Gasteiger partial charge in [-0.05, 0) is 73.4 Å². The molecule has 0 aromatic heterocycles. The zero-order valence-corrected chi connectivity index (χ0v) is 15.9. The van der Waals surface area contributed by atoms with Crippen LogP contribution in [0.2, 0.25) is 5.02 Å². The van der Waals surface area contributed by atoms with Crippen LogP contribution in [0.25, 0.3) is 0 Å². The van der Waals surface area contributed by atoms with Gasteiger partial charge in [-0.2, -0.15) is 5.26 Å². The third-order valence-electron chi connectivity index (χ3n) is 5.37. The summed E-state index contributed by atoms with van der Waals surface area (Å²) in [5.74, 6) is -0.167. The highest BCUT2D eigenvalue weighted by atomic mass is 35.5. The molecular formula is C22H21ClFNO2. The van der Waals surface area contributed by atoms with Gasteiger partial charge in [0.05, 0.1) is 22.2 Å². The van der Waals surface area contributed by atoms with Gasteiger partial charge < -0.3 is 4.74 Å². The monoisotopic (exact) mass is 385 g/mol. The number of hydrogen-bond acceptors (Lipinski definition) is 3. The highest BCUT2D eigenvalue weighted by Gasteiger charge is 2.23. The number of hydrogen-bond donors (Lipinski definition) is 0. The number of carbonyl (C=O) groups excluding carboxylic acids is 1. The lowest BCUT2D eigenvalue weighted by atomic mass is 9.78. The van der Waals surface area contributed by atoms with Crippen LogP contribution in [0, 0.1) is 23.1 Å². The van der Waals surface area contributed by atoms with Crippen molar-refractivity contribution in [3.8, 4) is 11.8 Å². The molecule has 1 aliphatic carbocycles. The molecule has 3 nitrogen and oxygen atoms in total. The number of carbonyl (C=O) groups is 1. The molecular weight excluding hydrogens is 365 g/mol. The van der Waals surface area contributed by atoms with Crippen molar-refractivity contribution in [2.75, 3.05) is 0 Å². The maximum absolute atomic E-state index is 14.5. The Labute approximate surface area is 163 Å². The van der Waals surface area contributed by atoms with Crippen molar-refractivity contribution in [1.82, 2.24) is 0 Å². The van der Waals surface area contributed by atoms with Gasteiger partial charge in [0.15, 0.2) is 0 Å². The SMILES string of the molecule is CC[C@H]1CC[C@H](c2ccc(C(=O)Oc3ccc(C#N)cc3Cl)c(F)c2)CC1. The fourth-order valence-corrected chi connectivity index (χ4v) is 3.88. The average molecular weight is 386 g/mol. The molecule has 0 unspecified atom stereocenters. The first-order valence-electron chi connectivity index (χ1n) is 9.23. The molecule has 0 spiro atoms. The Bertz CT molecular complexity index is 882. The van der Waals surface area contributed by atoms with Gasteiger partial charge >= 0.3 is 5.97 Å². The van der Waals surface area contributed by atoms with Gasteiger partial charge in [0.1, 0.15) is 11.6 Å². The molecule has 0 bridgehead atoms. The Hall–Kier alpha value is -2.38. The normalized spacial score (nSPS) is 19.3. The Kier molecular flexibility index (Phi) is 6.13. The maximum Gasteiger partial charge on any atom is 0.346 e. The number of rotatable bonds is 4. The zero-order valence-electron chi connectivity index (χ0n) is 15.2. The Morgan fingerprint density at radius 3 is 2.56 bits per heavy atom. The van der Waals surface area contributed by atoms with E-state index in [0.29, 0.717) is 11.5 Å². The summed E-state index contributed by atoms with van der Waals surface area (Å²) < 4.78 is 19.7. The Morgan fingerprint density at radius 2 is 1.96 bits per heavy atom. The van der Waals surface area contributed by atoms with Crippen LogP contribution in [0.15, 0.2) is 36.4 Å². The van der Waals surface area contributed by atoms with E-state index in [1.165, 1.54) is 49.6 Å². The van der Waals surface area contributed by atoms with Gasteiger partial charge in [0.2, 0.25) is 0 Å². The molecule has 0 heterocycles. The Balaban J connectivity index is 1.72. The first-order chi connectivity index (χ1) is 13.0. The first-order valence-corrected chi connectivity index (χ1v) is 9.60. The van der Waals surface area contributed by atoms with E-state index in [1.54, 1.807) is 0 Å². The van der Waals surface area contributed by atoms with Gasteiger partial charge in [0.25, 0.3) is 0 Å². The molecule has 0 amide bonds. The van der Waals surface area contributed by atoms with Crippen LogP contribution in [0.4, 0.5) is 4.39 Å². The smallest absolute Gasteiger partial charge is 0.346 e. The second-order valence-corrected chi connectivity index (χ2v) is 7.42. The van der Waals surface area contributed by atoms with E-state index in [9.17, 15) is 9.18 Å². The minimum absolute atomic E-state index is 0.0991. The van der Waals surface area contributed by atoms with Gasteiger partial charge in [-0.25, -0.2) is 9.18 Å². The molecule has 2 aromatic carbocycles. The molecule has 27 heavy (non-hydrogen) atoms. The van der Waals surface area contributed by atoms with Gasteiger partial charge in [0, 0.05) is 0 Å².